The Morgan fingerprint density at radius 1 is 1.09 bits per heavy atom. The van der Waals surface area contributed by atoms with Crippen LogP contribution in [-0.2, 0) is 14.3 Å². The van der Waals surface area contributed by atoms with Gasteiger partial charge in [0.2, 0.25) is 5.91 Å². The van der Waals surface area contributed by atoms with Crippen LogP contribution in [0.5, 0.6) is 0 Å². The van der Waals surface area contributed by atoms with Gasteiger partial charge in [0.25, 0.3) is 0 Å². The summed E-state index contributed by atoms with van der Waals surface area (Å²) in [4.78, 5) is 37.7. The van der Waals surface area contributed by atoms with Gasteiger partial charge in [0.15, 0.2) is 0 Å². The maximum absolute atomic E-state index is 12.5. The fraction of sp³-hybridized carbons (Fsp3) is 0.444. The number of amides is 2. The standard InChI is InChI=1S/C27H32N2O5/c1-18(12-13-25(30)29-14-6-7-19(16-29)26(31)32)15-28-27(33)34-17-24-22-10-4-2-8-20(22)21-9-3-5-11-23(21)24/h2-5,8-11,18-19,24H,6-7,12-17H2,1H3,(H,28,33)(H,31,32)/t18?,19-/m0/s1. The highest BCUT2D eigenvalue weighted by Gasteiger charge is 2.29. The van der Waals surface area contributed by atoms with Gasteiger partial charge >= 0.3 is 12.1 Å². The van der Waals surface area contributed by atoms with Crippen LogP contribution in [0.3, 0.4) is 0 Å². The van der Waals surface area contributed by atoms with E-state index in [1.54, 1.807) is 4.90 Å². The van der Waals surface area contributed by atoms with Crippen LogP contribution in [0.4, 0.5) is 4.79 Å². The Hall–Kier alpha value is -3.35. The number of hydrogen-bond donors (Lipinski definition) is 2. The fourth-order valence-corrected chi connectivity index (χ4v) is 4.94. The van der Waals surface area contributed by atoms with Gasteiger partial charge in [-0.2, -0.15) is 0 Å². The number of alkyl carbamates (subject to hydrolysis) is 1. The number of piperidine rings is 1. The Labute approximate surface area is 200 Å². The van der Waals surface area contributed by atoms with Crippen LogP contribution in [0.15, 0.2) is 48.5 Å². The minimum Gasteiger partial charge on any atom is -0.481 e. The van der Waals surface area contributed by atoms with E-state index in [0.29, 0.717) is 38.9 Å². The van der Waals surface area contributed by atoms with Crippen molar-refractivity contribution in [3.8, 4) is 11.1 Å². The van der Waals surface area contributed by atoms with Crippen LogP contribution >= 0.6 is 0 Å². The molecule has 7 heteroatoms. The molecule has 2 aromatic rings. The molecule has 0 spiro atoms. The summed E-state index contributed by atoms with van der Waals surface area (Å²) in [6, 6.07) is 16.4. The molecule has 1 fully saturated rings. The summed E-state index contributed by atoms with van der Waals surface area (Å²) < 4.78 is 5.56. The third kappa shape index (κ3) is 5.41. The lowest BCUT2D eigenvalue weighted by Crippen LogP contribution is -2.42. The number of aliphatic carboxylic acids is 1. The lowest BCUT2D eigenvalue weighted by molar-refractivity contribution is -0.145. The molecule has 34 heavy (non-hydrogen) atoms. The molecule has 2 N–H and O–H groups in total. The predicted octanol–water partition coefficient (Wildman–Crippen LogP) is 4.26. The largest absolute Gasteiger partial charge is 0.481 e. The number of carbonyl (C=O) groups excluding carboxylic acids is 2. The number of benzene rings is 2. The van der Waals surface area contributed by atoms with E-state index >= 15 is 0 Å². The van der Waals surface area contributed by atoms with E-state index in [4.69, 9.17) is 4.74 Å². The van der Waals surface area contributed by atoms with Crippen LogP contribution < -0.4 is 5.32 Å². The number of ether oxygens (including phenoxy) is 1. The summed E-state index contributed by atoms with van der Waals surface area (Å²) in [7, 11) is 0. The van der Waals surface area contributed by atoms with E-state index in [-0.39, 0.29) is 24.3 Å². The molecule has 4 rings (SSSR count). The SMILES string of the molecule is CC(CCC(=O)N1CCC[C@H](C(=O)O)C1)CNC(=O)OCC1c2ccccc2-c2ccccc21. The first-order valence-electron chi connectivity index (χ1n) is 12.0. The van der Waals surface area contributed by atoms with E-state index in [1.165, 1.54) is 22.3 Å². The highest BCUT2D eigenvalue weighted by molar-refractivity contribution is 5.79. The molecule has 2 aromatic carbocycles. The quantitative estimate of drug-likeness (QED) is 0.608. The zero-order valence-corrected chi connectivity index (χ0v) is 19.5. The van der Waals surface area contributed by atoms with Crippen molar-refractivity contribution in [3.63, 3.8) is 0 Å². The van der Waals surface area contributed by atoms with Gasteiger partial charge in [0.05, 0.1) is 5.92 Å². The second-order valence-electron chi connectivity index (χ2n) is 9.37. The van der Waals surface area contributed by atoms with Gasteiger partial charge < -0.3 is 20.1 Å². The first-order valence-corrected chi connectivity index (χ1v) is 12.0. The van der Waals surface area contributed by atoms with Crippen molar-refractivity contribution >= 4 is 18.0 Å². The van der Waals surface area contributed by atoms with E-state index in [9.17, 15) is 19.5 Å². The molecule has 2 atom stereocenters. The zero-order chi connectivity index (χ0) is 24.1. The lowest BCUT2D eigenvalue weighted by atomic mass is 9.97. The molecule has 0 radical (unpaired) electrons. The van der Waals surface area contributed by atoms with Gasteiger partial charge in [-0.05, 0) is 47.4 Å². The lowest BCUT2D eigenvalue weighted by Gasteiger charge is -2.31. The molecule has 1 unspecified atom stereocenters. The van der Waals surface area contributed by atoms with Crippen molar-refractivity contribution in [3.05, 3.63) is 59.7 Å². The Morgan fingerprint density at radius 2 is 1.74 bits per heavy atom. The summed E-state index contributed by atoms with van der Waals surface area (Å²) in [5.74, 6) is -1.20. The third-order valence-corrected chi connectivity index (χ3v) is 6.91. The number of carboxylic acid groups (broad SMARTS) is 1. The van der Waals surface area contributed by atoms with Gasteiger partial charge in [0.1, 0.15) is 6.61 Å². The van der Waals surface area contributed by atoms with Crippen molar-refractivity contribution < 1.29 is 24.2 Å². The molecule has 1 aliphatic heterocycles. The van der Waals surface area contributed by atoms with Crippen molar-refractivity contribution in [2.24, 2.45) is 11.8 Å². The molecule has 0 bridgehead atoms. The summed E-state index contributed by atoms with van der Waals surface area (Å²) >= 11 is 0. The highest BCUT2D eigenvalue weighted by atomic mass is 16.5. The second kappa shape index (κ2) is 10.7. The molecule has 0 aromatic heterocycles. The van der Waals surface area contributed by atoms with Crippen LogP contribution in [0.25, 0.3) is 11.1 Å². The van der Waals surface area contributed by atoms with Crippen LogP contribution in [-0.4, -0.2) is 54.2 Å². The number of likely N-dealkylation sites (tertiary alicyclic amines) is 1. The number of rotatable bonds is 8. The number of carbonyl (C=O) groups is 3. The third-order valence-electron chi connectivity index (χ3n) is 6.91. The van der Waals surface area contributed by atoms with E-state index in [0.717, 1.165) is 6.42 Å². The normalized spacial score (nSPS) is 18.0. The first kappa shape index (κ1) is 23.8. The van der Waals surface area contributed by atoms with Crippen molar-refractivity contribution in [2.45, 2.75) is 38.5 Å². The number of fused-ring (bicyclic) bond motifs is 3. The van der Waals surface area contributed by atoms with Crippen molar-refractivity contribution in [1.29, 1.82) is 0 Å². The molecule has 2 aliphatic rings. The summed E-state index contributed by atoms with van der Waals surface area (Å²) in [5.41, 5.74) is 4.72. The van der Waals surface area contributed by atoms with Crippen LogP contribution in [0.2, 0.25) is 0 Å². The zero-order valence-electron chi connectivity index (χ0n) is 19.5. The monoisotopic (exact) mass is 464 g/mol. The van der Waals surface area contributed by atoms with Gasteiger partial charge in [-0.3, -0.25) is 9.59 Å². The fourth-order valence-electron chi connectivity index (χ4n) is 4.94. The Kier molecular flexibility index (Phi) is 7.50. The number of nitrogens with zero attached hydrogens (tertiary/aromatic N) is 1. The highest BCUT2D eigenvalue weighted by Crippen LogP contribution is 2.44. The van der Waals surface area contributed by atoms with Gasteiger partial charge in [-0.15, -0.1) is 0 Å². The smallest absolute Gasteiger partial charge is 0.407 e. The minimum absolute atomic E-state index is 0.0149. The van der Waals surface area contributed by atoms with Crippen LogP contribution in [0, 0.1) is 11.8 Å². The number of nitrogens with one attached hydrogen (secondary N) is 1. The molecule has 0 saturated carbocycles. The average Bonchev–Trinajstić information content (AvgIpc) is 3.18. The number of hydrogen-bond acceptors (Lipinski definition) is 4. The first-order chi connectivity index (χ1) is 16.4. The molecular formula is C27H32N2O5. The van der Waals surface area contributed by atoms with E-state index in [2.05, 4.69) is 29.6 Å². The molecule has 180 valence electrons. The topological polar surface area (TPSA) is 95.9 Å². The summed E-state index contributed by atoms with van der Waals surface area (Å²) in [5, 5.41) is 12.0. The summed E-state index contributed by atoms with van der Waals surface area (Å²) in [6.07, 6.45) is 1.86. The van der Waals surface area contributed by atoms with Crippen molar-refractivity contribution in [2.75, 3.05) is 26.2 Å². The molecule has 2 amide bonds. The average molecular weight is 465 g/mol. The van der Waals surface area contributed by atoms with Gasteiger partial charge in [-0.25, -0.2) is 4.79 Å². The Morgan fingerprint density at radius 3 is 2.38 bits per heavy atom. The maximum atomic E-state index is 12.5. The summed E-state index contributed by atoms with van der Waals surface area (Å²) in [6.45, 7) is 3.58. The van der Waals surface area contributed by atoms with Gasteiger partial charge in [0, 0.05) is 32.0 Å². The molecule has 1 saturated heterocycles. The minimum atomic E-state index is -0.835. The number of carboxylic acids is 1. The van der Waals surface area contributed by atoms with E-state index < -0.39 is 18.0 Å². The predicted molar refractivity (Wildman–Crippen MR) is 128 cm³/mol. The van der Waals surface area contributed by atoms with Crippen molar-refractivity contribution in [1.82, 2.24) is 10.2 Å². The van der Waals surface area contributed by atoms with Crippen LogP contribution in [0.1, 0.15) is 49.7 Å². The maximum Gasteiger partial charge on any atom is 0.407 e. The van der Waals surface area contributed by atoms with E-state index in [1.807, 2.05) is 31.2 Å². The molecule has 1 heterocycles. The molecule has 1 aliphatic carbocycles. The molecule has 7 nitrogen and oxygen atoms in total. The van der Waals surface area contributed by atoms with Gasteiger partial charge in [-0.1, -0.05) is 55.5 Å². The Balaban J connectivity index is 1.20. The Bertz CT molecular complexity index is 1010. The molecular weight excluding hydrogens is 432 g/mol. The second-order valence-corrected chi connectivity index (χ2v) is 9.37.